The third kappa shape index (κ3) is 3.50. The number of carbonyl (C=O) groups is 1. The zero-order valence-corrected chi connectivity index (χ0v) is 14.3. The summed E-state index contributed by atoms with van der Waals surface area (Å²) in [5, 5.41) is 0. The molecule has 1 aromatic rings. The lowest BCUT2D eigenvalue weighted by Crippen LogP contribution is -3.12. The Kier molecular flexibility index (Phi) is 4.59. The van der Waals surface area contributed by atoms with Crippen LogP contribution in [-0.2, 0) is 10.0 Å². The highest BCUT2D eigenvalue weighted by atomic mass is 32.2. The molecule has 0 radical (unpaired) electrons. The number of sulfonamides is 1. The molecule has 2 heterocycles. The van der Waals surface area contributed by atoms with Gasteiger partial charge in [0.05, 0.1) is 44.7 Å². The number of carbonyl (C=O) groups excluding carboxylic acids is 1. The fourth-order valence-corrected chi connectivity index (χ4v) is 4.78. The number of hydrogen-bond acceptors (Lipinski definition) is 3. The van der Waals surface area contributed by atoms with Crippen LogP contribution in [-0.4, -0.2) is 64.7 Å². The molecule has 0 unspecified atom stereocenters. The van der Waals surface area contributed by atoms with Gasteiger partial charge in [-0.3, -0.25) is 9.10 Å². The summed E-state index contributed by atoms with van der Waals surface area (Å²) < 4.78 is 25.9. The van der Waals surface area contributed by atoms with Gasteiger partial charge in [-0.05, 0) is 31.0 Å². The third-order valence-electron chi connectivity index (χ3n) is 4.63. The number of nitrogens with zero attached hydrogens (tertiary/aromatic N) is 2. The van der Waals surface area contributed by atoms with Gasteiger partial charge in [0.1, 0.15) is 0 Å². The largest absolute Gasteiger partial charge is 0.334 e. The highest BCUT2D eigenvalue weighted by Crippen LogP contribution is 2.24. The van der Waals surface area contributed by atoms with Gasteiger partial charge in [-0.2, -0.15) is 0 Å². The second kappa shape index (κ2) is 6.49. The predicted molar refractivity (Wildman–Crippen MR) is 89.3 cm³/mol. The van der Waals surface area contributed by atoms with Crippen LogP contribution in [0.1, 0.15) is 23.2 Å². The summed E-state index contributed by atoms with van der Waals surface area (Å²) in [6.07, 6.45) is 1.57. The minimum absolute atomic E-state index is 0.00578. The molecule has 3 rings (SSSR count). The van der Waals surface area contributed by atoms with Crippen molar-refractivity contribution in [1.82, 2.24) is 4.90 Å². The fraction of sp³-hybridized carbons (Fsp3) is 0.562. The number of quaternary nitrogens is 1. The molecule has 126 valence electrons. The maximum absolute atomic E-state index is 12.7. The van der Waals surface area contributed by atoms with Crippen molar-refractivity contribution in [2.75, 3.05) is 49.8 Å². The number of piperazine rings is 1. The van der Waals surface area contributed by atoms with E-state index in [4.69, 9.17) is 0 Å². The van der Waals surface area contributed by atoms with Crippen LogP contribution in [0.3, 0.4) is 0 Å². The molecule has 0 bridgehead atoms. The Bertz CT molecular complexity index is 682. The van der Waals surface area contributed by atoms with E-state index in [0.29, 0.717) is 24.2 Å². The third-order valence-corrected chi connectivity index (χ3v) is 6.50. The van der Waals surface area contributed by atoms with Crippen molar-refractivity contribution in [2.24, 2.45) is 0 Å². The Morgan fingerprint density at radius 2 is 1.87 bits per heavy atom. The molecule has 0 saturated carbocycles. The van der Waals surface area contributed by atoms with Gasteiger partial charge in [0.25, 0.3) is 5.91 Å². The van der Waals surface area contributed by atoms with E-state index in [-0.39, 0.29) is 11.7 Å². The zero-order chi connectivity index (χ0) is 16.4. The molecule has 2 aliphatic rings. The smallest absolute Gasteiger partial charge is 0.254 e. The molecule has 2 saturated heterocycles. The first-order valence-electron chi connectivity index (χ1n) is 8.18. The van der Waals surface area contributed by atoms with Crippen molar-refractivity contribution >= 4 is 21.6 Å². The van der Waals surface area contributed by atoms with Crippen LogP contribution in [0, 0.1) is 0 Å². The molecule has 0 aromatic heterocycles. The Labute approximate surface area is 137 Å². The molecule has 0 spiro atoms. The summed E-state index contributed by atoms with van der Waals surface area (Å²) in [5.41, 5.74) is 1.18. The van der Waals surface area contributed by atoms with Crippen LogP contribution in [0.4, 0.5) is 5.69 Å². The first-order chi connectivity index (χ1) is 11.0. The predicted octanol–water partition coefficient (Wildman–Crippen LogP) is -0.413. The van der Waals surface area contributed by atoms with E-state index < -0.39 is 10.0 Å². The maximum atomic E-state index is 12.7. The van der Waals surface area contributed by atoms with Gasteiger partial charge < -0.3 is 9.80 Å². The molecule has 2 fully saturated rings. The lowest BCUT2D eigenvalue weighted by Gasteiger charge is -2.31. The lowest BCUT2D eigenvalue weighted by atomic mass is 10.1. The van der Waals surface area contributed by atoms with E-state index in [1.54, 1.807) is 24.3 Å². The van der Waals surface area contributed by atoms with E-state index in [1.807, 2.05) is 4.90 Å². The van der Waals surface area contributed by atoms with Gasteiger partial charge in [-0.1, -0.05) is 6.07 Å². The van der Waals surface area contributed by atoms with Crippen molar-refractivity contribution in [1.29, 1.82) is 0 Å². The Morgan fingerprint density at radius 3 is 2.57 bits per heavy atom. The van der Waals surface area contributed by atoms with E-state index >= 15 is 0 Å². The number of likely N-dealkylation sites (N-methyl/N-ethyl adjacent to an activating group) is 1. The molecule has 2 aliphatic heterocycles. The number of rotatable bonds is 2. The van der Waals surface area contributed by atoms with Crippen LogP contribution in [0.15, 0.2) is 24.3 Å². The summed E-state index contributed by atoms with van der Waals surface area (Å²) in [7, 11) is -1.12. The van der Waals surface area contributed by atoms with Gasteiger partial charge in [0.15, 0.2) is 0 Å². The van der Waals surface area contributed by atoms with Crippen LogP contribution >= 0.6 is 0 Å². The second-order valence-electron chi connectivity index (χ2n) is 6.39. The summed E-state index contributed by atoms with van der Waals surface area (Å²) in [6.45, 7) is 3.89. The van der Waals surface area contributed by atoms with E-state index in [2.05, 4.69) is 7.05 Å². The van der Waals surface area contributed by atoms with Crippen LogP contribution in [0.25, 0.3) is 0 Å². The van der Waals surface area contributed by atoms with Crippen molar-refractivity contribution in [2.45, 2.75) is 12.8 Å². The average molecular weight is 338 g/mol. The van der Waals surface area contributed by atoms with Gasteiger partial charge >= 0.3 is 0 Å². The highest BCUT2D eigenvalue weighted by Gasteiger charge is 2.27. The van der Waals surface area contributed by atoms with Crippen molar-refractivity contribution < 1.29 is 18.1 Å². The molecular formula is C16H24N3O3S+. The van der Waals surface area contributed by atoms with E-state index in [0.717, 1.165) is 32.6 Å². The first-order valence-corrected chi connectivity index (χ1v) is 9.79. The second-order valence-corrected chi connectivity index (χ2v) is 8.41. The van der Waals surface area contributed by atoms with Gasteiger partial charge in [-0.15, -0.1) is 0 Å². The standard InChI is InChI=1S/C16H23N3O3S/c1-17-8-10-18(11-9-17)16(20)14-5-4-6-15(13-14)19-7-2-3-12-23(19,21)22/h4-6,13H,2-3,7-12H2,1H3/p+1. The monoisotopic (exact) mass is 338 g/mol. The van der Waals surface area contributed by atoms with Gasteiger partial charge in [0.2, 0.25) is 10.0 Å². The van der Waals surface area contributed by atoms with Crippen LogP contribution in [0.2, 0.25) is 0 Å². The number of benzene rings is 1. The molecule has 23 heavy (non-hydrogen) atoms. The van der Waals surface area contributed by atoms with Crippen molar-refractivity contribution in [3.8, 4) is 0 Å². The quantitative estimate of drug-likeness (QED) is 0.797. The lowest BCUT2D eigenvalue weighted by molar-refractivity contribution is -0.883. The molecule has 0 atom stereocenters. The van der Waals surface area contributed by atoms with E-state index in [1.165, 1.54) is 9.21 Å². The summed E-state index contributed by atoms with van der Waals surface area (Å²) in [4.78, 5) is 15.9. The van der Waals surface area contributed by atoms with Gasteiger partial charge in [-0.25, -0.2) is 8.42 Å². The van der Waals surface area contributed by atoms with E-state index in [9.17, 15) is 13.2 Å². The fourth-order valence-electron chi connectivity index (χ4n) is 3.15. The molecular weight excluding hydrogens is 314 g/mol. The summed E-state index contributed by atoms with van der Waals surface area (Å²) in [5.74, 6) is 0.181. The number of amides is 1. The molecule has 1 aromatic carbocycles. The molecule has 0 aliphatic carbocycles. The minimum atomic E-state index is -3.25. The zero-order valence-electron chi connectivity index (χ0n) is 13.5. The summed E-state index contributed by atoms with van der Waals surface area (Å²) in [6, 6.07) is 7.03. The Balaban J connectivity index is 1.81. The van der Waals surface area contributed by atoms with Crippen molar-refractivity contribution in [3.05, 3.63) is 29.8 Å². The van der Waals surface area contributed by atoms with Crippen LogP contribution < -0.4 is 9.21 Å². The number of nitrogens with one attached hydrogen (secondary N) is 1. The molecule has 6 nitrogen and oxygen atoms in total. The number of anilines is 1. The maximum Gasteiger partial charge on any atom is 0.254 e. The normalized spacial score (nSPS) is 22.1. The molecule has 1 N–H and O–H groups in total. The SMILES string of the molecule is C[NH+]1CCN(C(=O)c2cccc(N3CCCCS3(=O)=O)c2)CC1. The Hall–Kier alpha value is -1.60. The highest BCUT2D eigenvalue weighted by molar-refractivity contribution is 7.92. The van der Waals surface area contributed by atoms with Crippen LogP contribution in [0.5, 0.6) is 0 Å². The topological polar surface area (TPSA) is 62.1 Å². The van der Waals surface area contributed by atoms with Gasteiger partial charge in [0, 0.05) is 12.1 Å². The molecule has 7 heteroatoms. The minimum Gasteiger partial charge on any atom is -0.334 e. The Morgan fingerprint density at radius 1 is 1.13 bits per heavy atom. The number of hydrogen-bond donors (Lipinski definition) is 1. The first kappa shape index (κ1) is 16.3. The average Bonchev–Trinajstić information content (AvgIpc) is 2.54. The van der Waals surface area contributed by atoms with Crippen molar-refractivity contribution in [3.63, 3.8) is 0 Å². The molecule has 1 amide bonds. The summed E-state index contributed by atoms with van der Waals surface area (Å²) >= 11 is 0.